The van der Waals surface area contributed by atoms with Gasteiger partial charge in [0.15, 0.2) is 0 Å². The van der Waals surface area contributed by atoms with Crippen LogP contribution in [0, 0.1) is 0 Å². The summed E-state index contributed by atoms with van der Waals surface area (Å²) in [5.41, 5.74) is 3.60. The van der Waals surface area contributed by atoms with Crippen LogP contribution < -0.4 is 4.90 Å². The number of hydrogen-bond donors (Lipinski definition) is 1. The highest BCUT2D eigenvalue weighted by molar-refractivity contribution is 5.92. The van der Waals surface area contributed by atoms with E-state index in [1.165, 1.54) is 0 Å². The number of hydrogen-bond acceptors (Lipinski definition) is 2. The molecule has 1 aromatic rings. The topological polar surface area (TPSA) is 40.5 Å². The highest BCUT2D eigenvalue weighted by Gasteiger charge is 2.30. The number of carbonyl (C=O) groups is 1. The maximum atomic E-state index is 11.0. The largest absolute Gasteiger partial charge is 0.478 e. The van der Waals surface area contributed by atoms with Crippen molar-refractivity contribution in [3.8, 4) is 0 Å². The molecule has 0 saturated carbocycles. The van der Waals surface area contributed by atoms with Gasteiger partial charge in [0, 0.05) is 17.8 Å². The van der Waals surface area contributed by atoms with Crippen LogP contribution in [0.2, 0.25) is 0 Å². The Labute approximate surface area is 108 Å². The molecule has 0 bridgehead atoms. The van der Waals surface area contributed by atoms with Crippen molar-refractivity contribution in [1.29, 1.82) is 0 Å². The molecule has 96 valence electrons. The molecular formula is C15H19NO2. The van der Waals surface area contributed by atoms with Gasteiger partial charge < -0.3 is 10.0 Å². The van der Waals surface area contributed by atoms with E-state index in [0.29, 0.717) is 5.56 Å². The van der Waals surface area contributed by atoms with Gasteiger partial charge in [0.05, 0.1) is 11.1 Å². The summed E-state index contributed by atoms with van der Waals surface area (Å²) in [5.74, 6) is -0.876. The Morgan fingerprint density at radius 1 is 1.39 bits per heavy atom. The van der Waals surface area contributed by atoms with Crippen molar-refractivity contribution in [2.75, 3.05) is 11.4 Å². The Bertz CT molecular complexity index is 529. The maximum absolute atomic E-state index is 11.0. The first-order valence-electron chi connectivity index (χ1n) is 6.21. The zero-order valence-electron chi connectivity index (χ0n) is 11.3. The fraction of sp³-hybridized carbons (Fsp3) is 0.400. The minimum Gasteiger partial charge on any atom is -0.478 e. The number of allylic oxidation sites excluding steroid dienone is 1. The molecule has 18 heavy (non-hydrogen) atoms. The molecule has 2 rings (SSSR count). The number of nitrogens with zero attached hydrogens (tertiary/aromatic N) is 1. The van der Waals surface area contributed by atoms with E-state index in [9.17, 15) is 4.79 Å². The molecule has 0 fully saturated rings. The lowest BCUT2D eigenvalue weighted by Gasteiger charge is -2.42. The lowest BCUT2D eigenvalue weighted by Crippen LogP contribution is -2.44. The van der Waals surface area contributed by atoms with E-state index in [-0.39, 0.29) is 5.54 Å². The summed E-state index contributed by atoms with van der Waals surface area (Å²) in [6.07, 6.45) is 2.20. The van der Waals surface area contributed by atoms with Gasteiger partial charge in [0.1, 0.15) is 0 Å². The highest BCUT2D eigenvalue weighted by Crippen LogP contribution is 2.38. The van der Waals surface area contributed by atoms with Gasteiger partial charge in [-0.3, -0.25) is 0 Å². The first-order chi connectivity index (χ1) is 8.36. The van der Waals surface area contributed by atoms with Gasteiger partial charge in [0.25, 0.3) is 0 Å². The van der Waals surface area contributed by atoms with E-state index >= 15 is 0 Å². The van der Waals surface area contributed by atoms with Crippen molar-refractivity contribution in [1.82, 2.24) is 0 Å². The van der Waals surface area contributed by atoms with Crippen LogP contribution in [0.4, 0.5) is 5.69 Å². The van der Waals surface area contributed by atoms with E-state index in [1.807, 2.05) is 13.0 Å². The SMILES string of the molecule is CCN1c2ccc(C(=O)O)cc2C(C)=CC1(C)C. The molecule has 1 aliphatic heterocycles. The smallest absolute Gasteiger partial charge is 0.335 e. The van der Waals surface area contributed by atoms with Crippen molar-refractivity contribution in [3.05, 3.63) is 35.4 Å². The second-order valence-electron chi connectivity index (χ2n) is 5.26. The van der Waals surface area contributed by atoms with Crippen LogP contribution in [-0.2, 0) is 0 Å². The molecule has 1 aliphatic rings. The maximum Gasteiger partial charge on any atom is 0.335 e. The summed E-state index contributed by atoms with van der Waals surface area (Å²) >= 11 is 0. The van der Waals surface area contributed by atoms with Crippen molar-refractivity contribution in [2.45, 2.75) is 33.2 Å². The zero-order valence-corrected chi connectivity index (χ0v) is 11.3. The minimum absolute atomic E-state index is 0.0312. The summed E-state index contributed by atoms with van der Waals surface area (Å²) in [5, 5.41) is 9.07. The molecule has 0 spiro atoms. The van der Waals surface area contributed by atoms with Crippen molar-refractivity contribution >= 4 is 17.2 Å². The third-order valence-corrected chi connectivity index (χ3v) is 3.54. The van der Waals surface area contributed by atoms with Gasteiger partial charge in [-0.25, -0.2) is 4.79 Å². The molecule has 0 radical (unpaired) electrons. The molecule has 0 atom stereocenters. The van der Waals surface area contributed by atoms with Gasteiger partial charge >= 0.3 is 5.97 Å². The Morgan fingerprint density at radius 2 is 2.06 bits per heavy atom. The third kappa shape index (κ3) is 1.90. The number of carboxylic acids is 1. The van der Waals surface area contributed by atoms with Gasteiger partial charge in [-0.1, -0.05) is 6.08 Å². The molecule has 0 amide bonds. The van der Waals surface area contributed by atoms with E-state index in [4.69, 9.17) is 5.11 Å². The summed E-state index contributed by atoms with van der Waals surface area (Å²) in [7, 11) is 0. The number of aromatic carboxylic acids is 1. The molecule has 3 heteroatoms. The van der Waals surface area contributed by atoms with Crippen LogP contribution in [0.25, 0.3) is 5.57 Å². The van der Waals surface area contributed by atoms with Crippen LogP contribution in [0.15, 0.2) is 24.3 Å². The molecule has 1 N–H and O–H groups in total. The molecule has 1 heterocycles. The predicted molar refractivity (Wildman–Crippen MR) is 74.2 cm³/mol. The number of anilines is 1. The summed E-state index contributed by atoms with van der Waals surface area (Å²) in [4.78, 5) is 13.3. The predicted octanol–water partition coefficient (Wildman–Crippen LogP) is 3.41. The Balaban J connectivity index is 2.62. The Morgan fingerprint density at radius 3 is 2.61 bits per heavy atom. The van der Waals surface area contributed by atoms with Crippen molar-refractivity contribution < 1.29 is 9.90 Å². The summed E-state index contributed by atoms with van der Waals surface area (Å²) < 4.78 is 0. The van der Waals surface area contributed by atoms with Crippen LogP contribution in [0.1, 0.15) is 43.6 Å². The Hall–Kier alpha value is -1.77. The third-order valence-electron chi connectivity index (χ3n) is 3.54. The molecule has 3 nitrogen and oxygen atoms in total. The fourth-order valence-electron chi connectivity index (χ4n) is 2.79. The van der Waals surface area contributed by atoms with E-state index in [2.05, 4.69) is 31.7 Å². The molecular weight excluding hydrogens is 226 g/mol. The first kappa shape index (κ1) is 12.7. The standard InChI is InChI=1S/C15H19NO2/c1-5-16-13-7-6-11(14(17)18)8-12(13)10(2)9-15(16,3)4/h6-9H,5H2,1-4H3,(H,17,18). The molecule has 1 aromatic carbocycles. The van der Waals surface area contributed by atoms with Gasteiger partial charge in [-0.05, 0) is 51.5 Å². The summed E-state index contributed by atoms with van der Waals surface area (Å²) in [6, 6.07) is 5.36. The minimum atomic E-state index is -0.876. The average Bonchev–Trinajstić information content (AvgIpc) is 2.27. The molecule has 0 unspecified atom stereocenters. The average molecular weight is 245 g/mol. The van der Waals surface area contributed by atoms with E-state index < -0.39 is 5.97 Å². The van der Waals surface area contributed by atoms with E-state index in [1.54, 1.807) is 12.1 Å². The Kier molecular flexibility index (Phi) is 2.93. The first-order valence-corrected chi connectivity index (χ1v) is 6.21. The van der Waals surface area contributed by atoms with Gasteiger partial charge in [0.2, 0.25) is 0 Å². The number of benzene rings is 1. The fourth-order valence-corrected chi connectivity index (χ4v) is 2.79. The monoisotopic (exact) mass is 245 g/mol. The molecule has 0 aliphatic carbocycles. The summed E-state index contributed by atoms with van der Waals surface area (Å²) in [6.45, 7) is 9.41. The second kappa shape index (κ2) is 4.16. The second-order valence-corrected chi connectivity index (χ2v) is 5.26. The highest BCUT2D eigenvalue weighted by atomic mass is 16.4. The van der Waals surface area contributed by atoms with E-state index in [0.717, 1.165) is 23.4 Å². The zero-order chi connectivity index (χ0) is 13.5. The molecule has 0 saturated heterocycles. The van der Waals surface area contributed by atoms with Crippen molar-refractivity contribution in [2.24, 2.45) is 0 Å². The number of rotatable bonds is 2. The van der Waals surface area contributed by atoms with Crippen LogP contribution in [0.5, 0.6) is 0 Å². The normalized spacial score (nSPS) is 17.1. The van der Waals surface area contributed by atoms with Crippen LogP contribution in [-0.4, -0.2) is 23.2 Å². The number of likely N-dealkylation sites (N-methyl/N-ethyl adjacent to an activating group) is 1. The van der Waals surface area contributed by atoms with Crippen LogP contribution in [0.3, 0.4) is 0 Å². The lowest BCUT2D eigenvalue weighted by atomic mass is 9.88. The van der Waals surface area contributed by atoms with Gasteiger partial charge in [-0.15, -0.1) is 0 Å². The number of fused-ring (bicyclic) bond motifs is 1. The van der Waals surface area contributed by atoms with Crippen LogP contribution >= 0.6 is 0 Å². The number of carboxylic acid groups (broad SMARTS) is 1. The van der Waals surface area contributed by atoms with Gasteiger partial charge in [-0.2, -0.15) is 0 Å². The van der Waals surface area contributed by atoms with Crippen molar-refractivity contribution in [3.63, 3.8) is 0 Å². The quantitative estimate of drug-likeness (QED) is 0.868. The lowest BCUT2D eigenvalue weighted by molar-refractivity contribution is 0.0697. The molecule has 0 aromatic heterocycles.